The molecule has 1 aromatic heterocycles. The Hall–Kier alpha value is -1.36. The van der Waals surface area contributed by atoms with Gasteiger partial charge < -0.3 is 15.2 Å². The van der Waals surface area contributed by atoms with Gasteiger partial charge in [-0.2, -0.15) is 4.98 Å². The third-order valence-electron chi connectivity index (χ3n) is 1.72. The molecule has 5 heteroatoms. The zero-order valence-electron chi connectivity index (χ0n) is 8.94. The van der Waals surface area contributed by atoms with Crippen LogP contribution in [0.3, 0.4) is 0 Å². The molecule has 0 bridgehead atoms. The summed E-state index contributed by atoms with van der Waals surface area (Å²) in [4.78, 5) is 8.21. The first-order chi connectivity index (χ1) is 7.36. The average Bonchev–Trinajstić information content (AvgIpc) is 2.27. The van der Waals surface area contributed by atoms with Gasteiger partial charge in [0.25, 0.3) is 0 Å². The van der Waals surface area contributed by atoms with E-state index >= 15 is 0 Å². The van der Waals surface area contributed by atoms with Crippen LogP contribution in [0.5, 0.6) is 5.88 Å². The smallest absolute Gasteiger partial charge is 0.225 e. The summed E-state index contributed by atoms with van der Waals surface area (Å²) in [6, 6.07) is 1.70. The van der Waals surface area contributed by atoms with Crippen molar-refractivity contribution in [2.75, 3.05) is 25.1 Å². The van der Waals surface area contributed by atoms with Gasteiger partial charge in [-0.3, -0.25) is 0 Å². The Balaban J connectivity index is 2.42. The number of aliphatic hydroxyl groups excluding tert-OH is 1. The topological polar surface area (TPSA) is 67.3 Å². The number of aromatic nitrogens is 2. The van der Waals surface area contributed by atoms with Crippen molar-refractivity contribution in [1.82, 2.24) is 9.97 Å². The maximum atomic E-state index is 8.59. The van der Waals surface area contributed by atoms with Gasteiger partial charge in [0.1, 0.15) is 0 Å². The van der Waals surface area contributed by atoms with Gasteiger partial charge in [0.15, 0.2) is 0 Å². The Bertz CT molecular complexity index is 281. The lowest BCUT2D eigenvalue weighted by atomic mass is 10.5. The zero-order valence-corrected chi connectivity index (χ0v) is 8.94. The van der Waals surface area contributed by atoms with Crippen LogP contribution >= 0.6 is 0 Å². The first kappa shape index (κ1) is 11.7. The van der Waals surface area contributed by atoms with Crippen LogP contribution in [0.15, 0.2) is 12.3 Å². The maximum Gasteiger partial charge on any atom is 0.225 e. The number of ether oxygens (including phenoxy) is 1. The van der Waals surface area contributed by atoms with Gasteiger partial charge >= 0.3 is 0 Å². The van der Waals surface area contributed by atoms with Crippen molar-refractivity contribution in [3.8, 4) is 5.88 Å². The molecule has 1 aromatic rings. The van der Waals surface area contributed by atoms with Gasteiger partial charge in [0.2, 0.25) is 11.8 Å². The molecule has 0 saturated carbocycles. The monoisotopic (exact) mass is 211 g/mol. The molecule has 0 aliphatic carbocycles. The number of aliphatic hydroxyl groups is 1. The maximum absolute atomic E-state index is 8.59. The minimum atomic E-state index is 0.131. The van der Waals surface area contributed by atoms with Gasteiger partial charge in [0, 0.05) is 31.8 Å². The van der Waals surface area contributed by atoms with Crippen molar-refractivity contribution in [3.63, 3.8) is 0 Å². The summed E-state index contributed by atoms with van der Waals surface area (Å²) >= 11 is 0. The minimum absolute atomic E-state index is 0.131. The fourth-order valence-corrected chi connectivity index (χ4v) is 0.986. The standard InChI is InChI=1S/C10H17N3O2/c1-2-5-11-10-12-6-4-9(13-10)15-8-3-7-14/h4,6,14H,2-3,5,7-8H2,1H3,(H,11,12,13). The van der Waals surface area contributed by atoms with Crippen LogP contribution in [-0.2, 0) is 0 Å². The van der Waals surface area contributed by atoms with Crippen LogP contribution < -0.4 is 10.1 Å². The molecule has 2 N–H and O–H groups in total. The van der Waals surface area contributed by atoms with E-state index in [2.05, 4.69) is 22.2 Å². The van der Waals surface area contributed by atoms with E-state index in [9.17, 15) is 0 Å². The highest BCUT2D eigenvalue weighted by molar-refractivity contribution is 5.27. The summed E-state index contributed by atoms with van der Waals surface area (Å²) in [6.45, 7) is 3.53. The minimum Gasteiger partial charge on any atom is -0.477 e. The number of rotatable bonds is 7. The number of hydrogen-bond acceptors (Lipinski definition) is 5. The average molecular weight is 211 g/mol. The lowest BCUT2D eigenvalue weighted by Gasteiger charge is -2.06. The fourth-order valence-electron chi connectivity index (χ4n) is 0.986. The largest absolute Gasteiger partial charge is 0.477 e. The van der Waals surface area contributed by atoms with E-state index in [0.29, 0.717) is 24.9 Å². The van der Waals surface area contributed by atoms with E-state index in [-0.39, 0.29) is 6.61 Å². The molecule has 0 aromatic carbocycles. The first-order valence-electron chi connectivity index (χ1n) is 5.17. The van der Waals surface area contributed by atoms with Crippen LogP contribution in [0.4, 0.5) is 5.95 Å². The van der Waals surface area contributed by atoms with Crippen LogP contribution in [0, 0.1) is 0 Å². The predicted octanol–water partition coefficient (Wildman–Crippen LogP) is 1.06. The third-order valence-corrected chi connectivity index (χ3v) is 1.72. The van der Waals surface area contributed by atoms with Crippen molar-refractivity contribution < 1.29 is 9.84 Å². The Morgan fingerprint density at radius 1 is 1.53 bits per heavy atom. The lowest BCUT2D eigenvalue weighted by Crippen LogP contribution is -2.06. The second-order valence-corrected chi connectivity index (χ2v) is 3.07. The van der Waals surface area contributed by atoms with Gasteiger partial charge in [0.05, 0.1) is 6.61 Å². The molecule has 0 aliphatic heterocycles. The lowest BCUT2D eigenvalue weighted by molar-refractivity contribution is 0.229. The second kappa shape index (κ2) is 7.00. The summed E-state index contributed by atoms with van der Waals surface area (Å²) < 4.78 is 5.32. The zero-order chi connectivity index (χ0) is 10.9. The molecule has 0 saturated heterocycles. The Labute approximate surface area is 89.5 Å². The molecule has 15 heavy (non-hydrogen) atoms. The van der Waals surface area contributed by atoms with Crippen molar-refractivity contribution in [2.45, 2.75) is 19.8 Å². The van der Waals surface area contributed by atoms with Crippen molar-refractivity contribution in [1.29, 1.82) is 0 Å². The van der Waals surface area contributed by atoms with Crippen LogP contribution in [-0.4, -0.2) is 34.8 Å². The molecular formula is C10H17N3O2. The summed E-state index contributed by atoms with van der Waals surface area (Å²) in [5, 5.41) is 11.7. The summed E-state index contributed by atoms with van der Waals surface area (Å²) in [7, 11) is 0. The molecule has 0 radical (unpaired) electrons. The molecule has 84 valence electrons. The molecule has 0 fully saturated rings. The van der Waals surface area contributed by atoms with Crippen LogP contribution in [0.2, 0.25) is 0 Å². The Morgan fingerprint density at radius 2 is 2.40 bits per heavy atom. The number of hydrogen-bond donors (Lipinski definition) is 2. The molecule has 0 unspecified atom stereocenters. The molecule has 5 nitrogen and oxygen atoms in total. The van der Waals surface area contributed by atoms with Gasteiger partial charge in [-0.25, -0.2) is 4.98 Å². The van der Waals surface area contributed by atoms with Crippen molar-refractivity contribution in [2.24, 2.45) is 0 Å². The quantitative estimate of drug-likeness (QED) is 0.660. The Morgan fingerprint density at radius 3 is 3.13 bits per heavy atom. The highest BCUT2D eigenvalue weighted by Crippen LogP contribution is 2.08. The summed E-state index contributed by atoms with van der Waals surface area (Å²) in [5.74, 6) is 1.12. The van der Waals surface area contributed by atoms with E-state index in [4.69, 9.17) is 9.84 Å². The van der Waals surface area contributed by atoms with Gasteiger partial charge in [-0.1, -0.05) is 6.92 Å². The highest BCUT2D eigenvalue weighted by atomic mass is 16.5. The summed E-state index contributed by atoms with van der Waals surface area (Å²) in [6.07, 6.45) is 3.29. The van der Waals surface area contributed by atoms with Crippen molar-refractivity contribution in [3.05, 3.63) is 12.3 Å². The number of nitrogens with zero attached hydrogens (tertiary/aromatic N) is 2. The second-order valence-electron chi connectivity index (χ2n) is 3.07. The fraction of sp³-hybridized carbons (Fsp3) is 0.600. The SMILES string of the molecule is CCCNc1nccc(OCCCO)n1. The number of nitrogens with one attached hydrogen (secondary N) is 1. The molecule has 0 aliphatic rings. The van der Waals surface area contributed by atoms with Gasteiger partial charge in [-0.15, -0.1) is 0 Å². The van der Waals surface area contributed by atoms with Gasteiger partial charge in [-0.05, 0) is 6.42 Å². The van der Waals surface area contributed by atoms with E-state index in [1.807, 2.05) is 0 Å². The summed E-state index contributed by atoms with van der Waals surface area (Å²) in [5.41, 5.74) is 0. The van der Waals surface area contributed by atoms with E-state index in [1.165, 1.54) is 0 Å². The Kier molecular flexibility index (Phi) is 5.47. The number of anilines is 1. The van der Waals surface area contributed by atoms with Crippen LogP contribution in [0.25, 0.3) is 0 Å². The normalized spacial score (nSPS) is 10.0. The van der Waals surface area contributed by atoms with Crippen LogP contribution in [0.1, 0.15) is 19.8 Å². The molecule has 1 rings (SSSR count). The van der Waals surface area contributed by atoms with E-state index in [1.54, 1.807) is 12.3 Å². The molecule has 1 heterocycles. The third kappa shape index (κ3) is 4.60. The van der Waals surface area contributed by atoms with E-state index < -0.39 is 0 Å². The highest BCUT2D eigenvalue weighted by Gasteiger charge is 1.98. The van der Waals surface area contributed by atoms with E-state index in [0.717, 1.165) is 13.0 Å². The molecular weight excluding hydrogens is 194 g/mol. The molecule has 0 spiro atoms. The predicted molar refractivity (Wildman–Crippen MR) is 58.0 cm³/mol. The van der Waals surface area contributed by atoms with Crippen molar-refractivity contribution >= 4 is 5.95 Å². The molecule has 0 amide bonds. The molecule has 0 atom stereocenters. The first-order valence-corrected chi connectivity index (χ1v) is 5.17.